The lowest BCUT2D eigenvalue weighted by atomic mass is 10.0. The number of nitrogens with one attached hydrogen (secondary N) is 1. The second-order valence-corrected chi connectivity index (χ2v) is 19.6. The van der Waals surface area contributed by atoms with Crippen LogP contribution in [0.3, 0.4) is 0 Å². The maximum Gasteiger partial charge on any atom is 0.305 e. The van der Waals surface area contributed by atoms with Gasteiger partial charge in [-0.25, -0.2) is 0 Å². The average Bonchev–Trinajstić information content (AvgIpc) is 3.28. The predicted molar refractivity (Wildman–Crippen MR) is 273 cm³/mol. The highest BCUT2D eigenvalue weighted by Gasteiger charge is 2.18. The van der Waals surface area contributed by atoms with Crippen molar-refractivity contribution in [1.29, 1.82) is 0 Å². The molecule has 0 saturated carbocycles. The first-order chi connectivity index (χ1) is 31.0. The van der Waals surface area contributed by atoms with Gasteiger partial charge in [0.1, 0.15) is 0 Å². The van der Waals surface area contributed by atoms with Crippen molar-refractivity contribution in [3.63, 3.8) is 0 Å². The predicted octanol–water partition coefficient (Wildman–Crippen LogP) is 17.3. The maximum absolute atomic E-state index is 12.4. The van der Waals surface area contributed by atoms with Gasteiger partial charge in [0.05, 0.1) is 25.4 Å². The number of carbonyl (C=O) groups is 2. The summed E-state index contributed by atoms with van der Waals surface area (Å²) in [6.07, 6.45) is 62.5. The molecular formula is C57H111NO5. The fourth-order valence-electron chi connectivity index (χ4n) is 8.93. The van der Waals surface area contributed by atoms with Gasteiger partial charge in [-0.05, 0) is 32.1 Å². The molecule has 0 heterocycles. The van der Waals surface area contributed by atoms with E-state index in [4.69, 9.17) is 4.74 Å². The van der Waals surface area contributed by atoms with E-state index in [1.165, 1.54) is 250 Å². The van der Waals surface area contributed by atoms with Crippen molar-refractivity contribution < 1.29 is 24.5 Å². The van der Waals surface area contributed by atoms with Crippen molar-refractivity contribution in [2.75, 3.05) is 13.2 Å². The van der Waals surface area contributed by atoms with Crippen LogP contribution in [0, 0.1) is 0 Å². The molecule has 1 amide bonds. The van der Waals surface area contributed by atoms with Gasteiger partial charge in [0.2, 0.25) is 5.91 Å². The zero-order valence-corrected chi connectivity index (χ0v) is 42.6. The van der Waals surface area contributed by atoms with Crippen LogP contribution < -0.4 is 5.32 Å². The molecule has 374 valence electrons. The Morgan fingerprint density at radius 3 is 1.08 bits per heavy atom. The minimum absolute atomic E-state index is 0.0162. The maximum atomic E-state index is 12.4. The van der Waals surface area contributed by atoms with Gasteiger partial charge in [0, 0.05) is 12.8 Å². The van der Waals surface area contributed by atoms with Crippen molar-refractivity contribution in [3.8, 4) is 0 Å². The molecule has 0 aromatic heterocycles. The van der Waals surface area contributed by atoms with Crippen molar-refractivity contribution in [1.82, 2.24) is 5.32 Å². The number of aliphatic hydroxyl groups is 2. The molecule has 0 aliphatic rings. The second kappa shape index (κ2) is 53.2. The molecule has 0 aliphatic heterocycles. The van der Waals surface area contributed by atoms with Gasteiger partial charge in [-0.3, -0.25) is 9.59 Å². The Hall–Kier alpha value is -1.40. The summed E-state index contributed by atoms with van der Waals surface area (Å²) in [6, 6.07) is -0.624. The number of rotatable bonds is 53. The molecule has 0 fully saturated rings. The van der Waals surface area contributed by atoms with Crippen molar-refractivity contribution in [2.45, 2.75) is 328 Å². The minimum Gasteiger partial charge on any atom is -0.466 e. The largest absolute Gasteiger partial charge is 0.466 e. The molecule has 6 heteroatoms. The lowest BCUT2D eigenvalue weighted by Crippen LogP contribution is -2.45. The van der Waals surface area contributed by atoms with Crippen LogP contribution in [-0.2, 0) is 14.3 Å². The number of ether oxygens (including phenoxy) is 1. The van der Waals surface area contributed by atoms with Crippen LogP contribution in [0.4, 0.5) is 0 Å². The molecule has 3 N–H and O–H groups in total. The van der Waals surface area contributed by atoms with Gasteiger partial charge in [-0.1, -0.05) is 283 Å². The Labute approximate surface area is 393 Å². The second-order valence-electron chi connectivity index (χ2n) is 19.6. The molecular weight excluding hydrogens is 779 g/mol. The number of carbonyl (C=O) groups excluding carboxylic acids is 2. The summed E-state index contributed by atoms with van der Waals surface area (Å²) in [5.41, 5.74) is 0. The molecule has 0 rings (SSSR count). The molecule has 0 aromatic rings. The van der Waals surface area contributed by atoms with E-state index in [1.807, 2.05) is 6.08 Å². The number of esters is 1. The van der Waals surface area contributed by atoms with Crippen molar-refractivity contribution >= 4 is 11.9 Å². The van der Waals surface area contributed by atoms with E-state index in [0.29, 0.717) is 19.4 Å². The Bertz CT molecular complexity index is 939. The molecule has 2 unspecified atom stereocenters. The van der Waals surface area contributed by atoms with Crippen LogP contribution >= 0.6 is 0 Å². The van der Waals surface area contributed by atoms with Crippen LogP contribution in [0.1, 0.15) is 316 Å². The highest BCUT2D eigenvalue weighted by molar-refractivity contribution is 5.76. The Morgan fingerprint density at radius 2 is 0.730 bits per heavy atom. The summed E-state index contributed by atoms with van der Waals surface area (Å²) in [5, 5.41) is 22.9. The molecule has 63 heavy (non-hydrogen) atoms. The fraction of sp³-hybridized carbons (Fsp3) is 0.930. The van der Waals surface area contributed by atoms with Crippen molar-refractivity contribution in [3.05, 3.63) is 12.2 Å². The third-order valence-electron chi connectivity index (χ3n) is 13.3. The summed E-state index contributed by atoms with van der Waals surface area (Å²) in [5.74, 6) is -0.0529. The van der Waals surface area contributed by atoms with E-state index in [9.17, 15) is 19.8 Å². The lowest BCUT2D eigenvalue weighted by molar-refractivity contribution is -0.143. The average molecular weight is 891 g/mol. The Balaban J connectivity index is 3.34. The van der Waals surface area contributed by atoms with E-state index < -0.39 is 12.1 Å². The molecule has 6 nitrogen and oxygen atoms in total. The molecule has 0 aliphatic carbocycles. The van der Waals surface area contributed by atoms with Crippen LogP contribution in [0.5, 0.6) is 0 Å². The van der Waals surface area contributed by atoms with Crippen LogP contribution in [-0.4, -0.2) is 47.4 Å². The third-order valence-corrected chi connectivity index (χ3v) is 13.3. The van der Waals surface area contributed by atoms with E-state index in [-0.39, 0.29) is 18.5 Å². The normalized spacial score (nSPS) is 12.6. The third kappa shape index (κ3) is 49.9. The molecule has 0 aromatic carbocycles. The zero-order chi connectivity index (χ0) is 45.8. The molecule has 0 bridgehead atoms. The molecule has 0 saturated heterocycles. The first-order valence-electron chi connectivity index (χ1n) is 28.5. The SMILES string of the molecule is CCCCCCCCC/C=C/C(O)C(CO)NC(=O)CCCCCCCCCCCCCCCCCCCCCCCCCOC(=O)CCCCCCCCCCCCCCCC. The van der Waals surface area contributed by atoms with Gasteiger partial charge in [-0.2, -0.15) is 0 Å². The van der Waals surface area contributed by atoms with E-state index in [2.05, 4.69) is 19.2 Å². The number of aliphatic hydroxyl groups excluding tert-OH is 2. The summed E-state index contributed by atoms with van der Waals surface area (Å²) in [7, 11) is 0. The fourth-order valence-corrected chi connectivity index (χ4v) is 8.93. The summed E-state index contributed by atoms with van der Waals surface area (Å²) < 4.78 is 5.48. The topological polar surface area (TPSA) is 95.9 Å². The van der Waals surface area contributed by atoms with Gasteiger partial charge >= 0.3 is 5.97 Å². The number of hydrogen-bond donors (Lipinski definition) is 3. The minimum atomic E-state index is -0.840. The number of unbranched alkanes of at least 4 members (excludes halogenated alkanes) is 42. The number of amides is 1. The van der Waals surface area contributed by atoms with Crippen LogP contribution in [0.2, 0.25) is 0 Å². The Kier molecular flexibility index (Phi) is 52.0. The number of allylic oxidation sites excluding steroid dienone is 1. The van der Waals surface area contributed by atoms with Crippen LogP contribution in [0.15, 0.2) is 12.2 Å². The van der Waals surface area contributed by atoms with Gasteiger partial charge < -0.3 is 20.3 Å². The van der Waals surface area contributed by atoms with E-state index in [0.717, 1.165) is 38.5 Å². The summed E-state index contributed by atoms with van der Waals surface area (Å²) >= 11 is 0. The zero-order valence-electron chi connectivity index (χ0n) is 42.6. The summed E-state index contributed by atoms with van der Waals surface area (Å²) in [4.78, 5) is 24.4. The van der Waals surface area contributed by atoms with Crippen molar-refractivity contribution in [2.24, 2.45) is 0 Å². The molecule has 0 spiro atoms. The van der Waals surface area contributed by atoms with Gasteiger partial charge in [0.25, 0.3) is 0 Å². The van der Waals surface area contributed by atoms with E-state index in [1.54, 1.807) is 6.08 Å². The highest BCUT2D eigenvalue weighted by atomic mass is 16.5. The standard InChI is InChI=1S/C57H111NO5/c1-3-5-7-9-11-13-14-15-28-31-35-39-43-47-51-57(62)63-52-48-44-40-36-32-29-26-24-22-20-18-16-17-19-21-23-25-27-30-34-38-42-46-50-56(61)58-54(53-59)55(60)49-45-41-37-33-12-10-8-6-4-2/h45,49,54-55,59-60H,3-44,46-48,50-53H2,1-2H3,(H,58,61)/b49-45+. The summed E-state index contributed by atoms with van der Waals surface area (Å²) in [6.45, 7) is 4.89. The first kappa shape index (κ1) is 61.6. The highest BCUT2D eigenvalue weighted by Crippen LogP contribution is 2.17. The first-order valence-corrected chi connectivity index (χ1v) is 28.5. The number of hydrogen-bond acceptors (Lipinski definition) is 5. The quantitative estimate of drug-likeness (QED) is 0.0321. The Morgan fingerprint density at radius 1 is 0.429 bits per heavy atom. The smallest absolute Gasteiger partial charge is 0.305 e. The van der Waals surface area contributed by atoms with Crippen LogP contribution in [0.25, 0.3) is 0 Å². The molecule has 2 atom stereocenters. The van der Waals surface area contributed by atoms with E-state index >= 15 is 0 Å². The lowest BCUT2D eigenvalue weighted by Gasteiger charge is -2.20. The monoisotopic (exact) mass is 890 g/mol. The van der Waals surface area contributed by atoms with Gasteiger partial charge in [0.15, 0.2) is 0 Å². The molecule has 0 radical (unpaired) electrons. The van der Waals surface area contributed by atoms with Gasteiger partial charge in [-0.15, -0.1) is 0 Å².